The van der Waals surface area contributed by atoms with E-state index in [1.165, 1.54) is 0 Å². The van der Waals surface area contributed by atoms with Crippen LogP contribution in [0.25, 0.3) is 11.1 Å². The summed E-state index contributed by atoms with van der Waals surface area (Å²) in [5.74, 6) is -2.08. The number of nitrogens with one attached hydrogen (secondary N) is 2. The lowest BCUT2D eigenvalue weighted by Crippen LogP contribution is -2.46. The number of carbonyl (C=O) groups is 3. The van der Waals surface area contributed by atoms with Crippen molar-refractivity contribution in [2.24, 2.45) is 0 Å². The third kappa shape index (κ3) is 6.30. The zero-order valence-corrected chi connectivity index (χ0v) is 18.8. The lowest BCUT2D eigenvalue weighted by molar-refractivity contribution is -0.137. The zero-order valence-electron chi connectivity index (χ0n) is 18.8. The van der Waals surface area contributed by atoms with Crippen LogP contribution in [0.2, 0.25) is 0 Å². The minimum atomic E-state index is -3.00. The van der Waals surface area contributed by atoms with Gasteiger partial charge in [0.2, 0.25) is 5.91 Å². The molecule has 0 saturated carbocycles. The predicted octanol–water partition coefficient (Wildman–Crippen LogP) is 4.31. The number of rotatable bonds is 11. The molecule has 9 heteroatoms. The molecule has 0 radical (unpaired) electrons. The molecule has 1 aliphatic rings. The fraction of sp³-hybridized carbons (Fsp3) is 0.400. The SMILES string of the molecule is CCC[C@@H](CC(=O)O)NC(=O)CC(NC(=O)OCC1c2ccccc2-c2ccccc21)C(F)F. The standard InChI is InChI=1S/C25H28F2N2O5/c1-2-7-15(12-23(31)32)28-22(30)13-21(24(26)27)29-25(33)34-14-20-18-10-5-3-8-16(18)17-9-4-6-11-19(17)20/h3-6,8-11,15,20-21,24H,2,7,12-14H2,1H3,(H,28,30)(H,29,33)(H,31,32)/t15-,21?/m0/s1. The van der Waals surface area contributed by atoms with E-state index in [0.717, 1.165) is 22.3 Å². The van der Waals surface area contributed by atoms with Crippen molar-refractivity contribution in [3.63, 3.8) is 0 Å². The van der Waals surface area contributed by atoms with E-state index in [1.807, 2.05) is 55.5 Å². The molecule has 182 valence electrons. The van der Waals surface area contributed by atoms with Gasteiger partial charge < -0.3 is 20.5 Å². The van der Waals surface area contributed by atoms with E-state index in [0.29, 0.717) is 12.8 Å². The highest BCUT2D eigenvalue weighted by atomic mass is 19.3. The maximum absolute atomic E-state index is 13.5. The minimum Gasteiger partial charge on any atom is -0.481 e. The summed E-state index contributed by atoms with van der Waals surface area (Å²) in [6.07, 6.45) is -4.03. The number of carboxylic acids is 1. The summed E-state index contributed by atoms with van der Waals surface area (Å²) in [6, 6.07) is 13.0. The van der Waals surface area contributed by atoms with E-state index in [4.69, 9.17) is 9.84 Å². The van der Waals surface area contributed by atoms with Gasteiger partial charge in [-0.05, 0) is 28.7 Å². The predicted molar refractivity (Wildman–Crippen MR) is 122 cm³/mol. The summed E-state index contributed by atoms with van der Waals surface area (Å²) in [6.45, 7) is 1.78. The molecule has 0 fully saturated rings. The Hall–Kier alpha value is -3.49. The Morgan fingerprint density at radius 2 is 1.56 bits per heavy atom. The Balaban J connectivity index is 1.58. The fourth-order valence-electron chi connectivity index (χ4n) is 4.27. The molecule has 2 aromatic rings. The Morgan fingerprint density at radius 3 is 2.09 bits per heavy atom. The molecule has 0 aliphatic heterocycles. The van der Waals surface area contributed by atoms with Crippen LogP contribution >= 0.6 is 0 Å². The molecule has 0 heterocycles. The monoisotopic (exact) mass is 474 g/mol. The normalized spacial score (nSPS) is 14.1. The van der Waals surface area contributed by atoms with E-state index in [1.54, 1.807) is 0 Å². The van der Waals surface area contributed by atoms with Crippen LogP contribution in [0.5, 0.6) is 0 Å². The Kier molecular flexibility index (Phi) is 8.56. The summed E-state index contributed by atoms with van der Waals surface area (Å²) >= 11 is 0. The van der Waals surface area contributed by atoms with E-state index in [2.05, 4.69) is 10.6 Å². The molecular formula is C25H28F2N2O5. The summed E-state index contributed by atoms with van der Waals surface area (Å²) in [7, 11) is 0. The van der Waals surface area contributed by atoms with Crippen LogP contribution in [0.4, 0.5) is 13.6 Å². The van der Waals surface area contributed by atoms with E-state index >= 15 is 0 Å². The Morgan fingerprint density at radius 1 is 0.971 bits per heavy atom. The smallest absolute Gasteiger partial charge is 0.407 e. The molecule has 0 spiro atoms. The summed E-state index contributed by atoms with van der Waals surface area (Å²) in [5, 5.41) is 13.5. The van der Waals surface area contributed by atoms with Crippen molar-refractivity contribution in [2.45, 2.75) is 57.0 Å². The molecule has 3 rings (SSSR count). The van der Waals surface area contributed by atoms with Gasteiger partial charge in [0.1, 0.15) is 12.6 Å². The first kappa shape index (κ1) is 25.1. The largest absolute Gasteiger partial charge is 0.481 e. The van der Waals surface area contributed by atoms with Crippen molar-refractivity contribution >= 4 is 18.0 Å². The van der Waals surface area contributed by atoms with Crippen molar-refractivity contribution in [1.29, 1.82) is 0 Å². The van der Waals surface area contributed by atoms with E-state index < -0.39 is 42.9 Å². The highest BCUT2D eigenvalue weighted by Gasteiger charge is 2.31. The van der Waals surface area contributed by atoms with Gasteiger partial charge in [-0.2, -0.15) is 0 Å². The molecule has 1 unspecified atom stereocenters. The van der Waals surface area contributed by atoms with Gasteiger partial charge in [0, 0.05) is 12.0 Å². The number of benzene rings is 2. The van der Waals surface area contributed by atoms with Crippen molar-refractivity contribution in [2.75, 3.05) is 6.61 Å². The minimum absolute atomic E-state index is 0.0425. The molecule has 2 aromatic carbocycles. The van der Waals surface area contributed by atoms with E-state index in [-0.39, 0.29) is 18.9 Å². The number of carbonyl (C=O) groups excluding carboxylic acids is 2. The number of halogens is 2. The second-order valence-electron chi connectivity index (χ2n) is 8.27. The molecule has 3 N–H and O–H groups in total. The van der Waals surface area contributed by atoms with Gasteiger partial charge in [-0.25, -0.2) is 13.6 Å². The molecule has 7 nitrogen and oxygen atoms in total. The first-order valence-corrected chi connectivity index (χ1v) is 11.2. The number of alkyl halides is 2. The van der Waals surface area contributed by atoms with Gasteiger partial charge in [-0.15, -0.1) is 0 Å². The van der Waals surface area contributed by atoms with Crippen molar-refractivity contribution in [3.8, 4) is 11.1 Å². The number of carboxylic acid groups (broad SMARTS) is 1. The lowest BCUT2D eigenvalue weighted by Gasteiger charge is -2.21. The number of amides is 2. The quantitative estimate of drug-likeness (QED) is 0.450. The molecular weight excluding hydrogens is 446 g/mol. The van der Waals surface area contributed by atoms with Crippen LogP contribution < -0.4 is 10.6 Å². The van der Waals surface area contributed by atoms with Gasteiger partial charge in [-0.1, -0.05) is 61.9 Å². The van der Waals surface area contributed by atoms with Gasteiger partial charge in [0.05, 0.1) is 12.8 Å². The van der Waals surface area contributed by atoms with Crippen LogP contribution in [0.3, 0.4) is 0 Å². The van der Waals surface area contributed by atoms with Crippen LogP contribution in [-0.4, -0.2) is 48.2 Å². The van der Waals surface area contributed by atoms with Gasteiger partial charge in [0.25, 0.3) is 6.43 Å². The number of hydrogen-bond donors (Lipinski definition) is 3. The van der Waals surface area contributed by atoms with Gasteiger partial charge in [-0.3, -0.25) is 9.59 Å². The number of hydrogen-bond acceptors (Lipinski definition) is 4. The third-order valence-electron chi connectivity index (χ3n) is 5.78. The first-order chi connectivity index (χ1) is 16.3. The third-order valence-corrected chi connectivity index (χ3v) is 5.78. The van der Waals surface area contributed by atoms with Crippen molar-refractivity contribution in [3.05, 3.63) is 59.7 Å². The average Bonchev–Trinajstić information content (AvgIpc) is 3.10. The zero-order chi connectivity index (χ0) is 24.7. The summed E-state index contributed by atoms with van der Waals surface area (Å²) in [4.78, 5) is 35.5. The van der Waals surface area contributed by atoms with Crippen molar-refractivity contribution < 1.29 is 33.0 Å². The molecule has 34 heavy (non-hydrogen) atoms. The number of fused-ring (bicyclic) bond motifs is 3. The highest BCUT2D eigenvalue weighted by Crippen LogP contribution is 2.44. The molecule has 0 aromatic heterocycles. The van der Waals surface area contributed by atoms with Crippen LogP contribution in [0, 0.1) is 0 Å². The highest BCUT2D eigenvalue weighted by molar-refractivity contribution is 5.80. The Labute approximate surface area is 196 Å². The summed E-state index contributed by atoms with van der Waals surface area (Å²) < 4.78 is 32.3. The lowest BCUT2D eigenvalue weighted by atomic mass is 9.98. The van der Waals surface area contributed by atoms with E-state index in [9.17, 15) is 23.2 Å². The molecule has 0 saturated heterocycles. The maximum atomic E-state index is 13.5. The number of aliphatic carboxylic acids is 1. The average molecular weight is 475 g/mol. The summed E-state index contributed by atoms with van der Waals surface area (Å²) in [5.41, 5.74) is 4.05. The first-order valence-electron chi connectivity index (χ1n) is 11.2. The van der Waals surface area contributed by atoms with Crippen molar-refractivity contribution in [1.82, 2.24) is 10.6 Å². The number of alkyl carbamates (subject to hydrolysis) is 1. The molecule has 2 atom stereocenters. The molecule has 1 aliphatic carbocycles. The topological polar surface area (TPSA) is 105 Å². The van der Waals surface area contributed by atoms with Crippen LogP contribution in [0.1, 0.15) is 49.7 Å². The molecule has 2 amide bonds. The molecule has 0 bridgehead atoms. The Bertz CT molecular complexity index is 984. The number of ether oxygens (including phenoxy) is 1. The second-order valence-corrected chi connectivity index (χ2v) is 8.27. The van der Waals surface area contributed by atoms with Gasteiger partial charge >= 0.3 is 12.1 Å². The van der Waals surface area contributed by atoms with Crippen LogP contribution in [0.15, 0.2) is 48.5 Å². The maximum Gasteiger partial charge on any atom is 0.407 e. The fourth-order valence-corrected chi connectivity index (χ4v) is 4.27. The van der Waals surface area contributed by atoms with Gasteiger partial charge in [0.15, 0.2) is 0 Å². The second kappa shape index (κ2) is 11.6. The van der Waals surface area contributed by atoms with Crippen LogP contribution in [-0.2, 0) is 14.3 Å².